The average molecular weight is 220 g/mol. The van der Waals surface area contributed by atoms with Gasteiger partial charge in [0, 0.05) is 18.2 Å². The third-order valence-corrected chi connectivity index (χ3v) is 2.44. The van der Waals surface area contributed by atoms with Gasteiger partial charge in [0.05, 0.1) is 0 Å². The summed E-state index contributed by atoms with van der Waals surface area (Å²) in [7, 11) is 0. The van der Waals surface area contributed by atoms with E-state index in [4.69, 9.17) is 5.73 Å². The molecule has 3 nitrogen and oxygen atoms in total. The van der Waals surface area contributed by atoms with E-state index in [1.165, 1.54) is 5.56 Å². The maximum atomic E-state index is 11.6. The van der Waals surface area contributed by atoms with Crippen LogP contribution in [0.4, 0.5) is 5.69 Å². The number of anilines is 1. The van der Waals surface area contributed by atoms with E-state index in [1.54, 1.807) is 0 Å². The predicted molar refractivity (Wildman–Crippen MR) is 67.3 cm³/mol. The normalized spacial score (nSPS) is 12.2. The fraction of sp³-hybridized carbons (Fsp3) is 0.462. The summed E-state index contributed by atoms with van der Waals surface area (Å²) in [4.78, 5) is 11.6. The van der Waals surface area contributed by atoms with Crippen LogP contribution in [-0.4, -0.2) is 11.9 Å². The van der Waals surface area contributed by atoms with Crippen LogP contribution >= 0.6 is 0 Å². The molecule has 0 bridgehead atoms. The summed E-state index contributed by atoms with van der Waals surface area (Å²) in [6.07, 6.45) is 2.29. The topological polar surface area (TPSA) is 55.1 Å². The highest BCUT2D eigenvalue weighted by molar-refractivity contribution is 5.91. The van der Waals surface area contributed by atoms with Gasteiger partial charge in [0.2, 0.25) is 5.91 Å². The molecular formula is C13H20N2O. The van der Waals surface area contributed by atoms with Crippen molar-refractivity contribution in [2.24, 2.45) is 5.73 Å². The Morgan fingerprint density at radius 1 is 1.38 bits per heavy atom. The molecule has 88 valence electrons. The second kappa shape index (κ2) is 6.28. The maximum absolute atomic E-state index is 11.6. The van der Waals surface area contributed by atoms with E-state index >= 15 is 0 Å². The zero-order chi connectivity index (χ0) is 12.0. The first-order chi connectivity index (χ1) is 7.61. The van der Waals surface area contributed by atoms with E-state index in [1.807, 2.05) is 31.2 Å². The Labute approximate surface area is 97.0 Å². The summed E-state index contributed by atoms with van der Waals surface area (Å²) in [5.41, 5.74) is 7.82. The maximum Gasteiger partial charge on any atom is 0.225 e. The highest BCUT2D eigenvalue weighted by Gasteiger charge is 2.08. The van der Waals surface area contributed by atoms with Crippen LogP contribution in [0, 0.1) is 6.92 Å². The van der Waals surface area contributed by atoms with Crippen molar-refractivity contribution in [1.29, 1.82) is 0 Å². The smallest absolute Gasteiger partial charge is 0.225 e. The number of carbonyl (C=O) groups excluding carboxylic acids is 1. The quantitative estimate of drug-likeness (QED) is 0.800. The van der Waals surface area contributed by atoms with E-state index in [2.05, 4.69) is 12.2 Å². The van der Waals surface area contributed by atoms with Gasteiger partial charge in [0.25, 0.3) is 0 Å². The minimum Gasteiger partial charge on any atom is -0.327 e. The van der Waals surface area contributed by atoms with E-state index in [0.29, 0.717) is 6.42 Å². The van der Waals surface area contributed by atoms with Crippen LogP contribution in [0.5, 0.6) is 0 Å². The first kappa shape index (κ1) is 12.7. The molecule has 1 atom stereocenters. The van der Waals surface area contributed by atoms with Gasteiger partial charge in [0.15, 0.2) is 0 Å². The zero-order valence-electron chi connectivity index (χ0n) is 9.99. The van der Waals surface area contributed by atoms with E-state index < -0.39 is 0 Å². The molecule has 0 saturated heterocycles. The molecule has 0 radical (unpaired) electrons. The molecule has 1 aromatic carbocycles. The highest BCUT2D eigenvalue weighted by atomic mass is 16.1. The molecule has 1 aromatic rings. The molecule has 0 spiro atoms. The standard InChI is InChI=1S/C13H20N2O/c1-3-4-11(14)9-13(16)15-12-7-5-10(2)6-8-12/h5-8,11H,3-4,9,14H2,1-2H3,(H,15,16). The number of hydrogen-bond donors (Lipinski definition) is 2. The number of amides is 1. The van der Waals surface area contributed by atoms with Gasteiger partial charge < -0.3 is 11.1 Å². The summed E-state index contributed by atoms with van der Waals surface area (Å²) in [5, 5.41) is 2.84. The Morgan fingerprint density at radius 2 is 2.00 bits per heavy atom. The molecule has 3 N–H and O–H groups in total. The highest BCUT2D eigenvalue weighted by Crippen LogP contribution is 2.09. The Hall–Kier alpha value is -1.35. The van der Waals surface area contributed by atoms with Crippen LogP contribution in [0.25, 0.3) is 0 Å². The minimum atomic E-state index is -0.0320. The second-order valence-corrected chi connectivity index (χ2v) is 4.17. The fourth-order valence-corrected chi connectivity index (χ4v) is 1.56. The molecule has 16 heavy (non-hydrogen) atoms. The van der Waals surface area contributed by atoms with Gasteiger partial charge in [-0.15, -0.1) is 0 Å². The number of aryl methyl sites for hydroxylation is 1. The van der Waals surface area contributed by atoms with Crippen molar-refractivity contribution in [3.05, 3.63) is 29.8 Å². The number of rotatable bonds is 5. The number of nitrogens with one attached hydrogen (secondary N) is 1. The number of nitrogens with two attached hydrogens (primary N) is 1. The van der Waals surface area contributed by atoms with Crippen LogP contribution in [0.15, 0.2) is 24.3 Å². The summed E-state index contributed by atoms with van der Waals surface area (Å²) >= 11 is 0. The molecule has 0 aromatic heterocycles. The zero-order valence-corrected chi connectivity index (χ0v) is 9.99. The summed E-state index contributed by atoms with van der Waals surface area (Å²) < 4.78 is 0. The number of benzene rings is 1. The lowest BCUT2D eigenvalue weighted by Crippen LogP contribution is -2.26. The van der Waals surface area contributed by atoms with Crippen LogP contribution in [0.2, 0.25) is 0 Å². The van der Waals surface area contributed by atoms with E-state index in [0.717, 1.165) is 18.5 Å². The van der Waals surface area contributed by atoms with Gasteiger partial charge in [-0.1, -0.05) is 31.0 Å². The first-order valence-corrected chi connectivity index (χ1v) is 5.74. The van der Waals surface area contributed by atoms with Crippen LogP contribution in [0.1, 0.15) is 31.7 Å². The number of carbonyl (C=O) groups is 1. The Bertz CT molecular complexity index is 332. The summed E-state index contributed by atoms with van der Waals surface area (Å²) in [5.74, 6) is -0.00944. The Morgan fingerprint density at radius 3 is 2.56 bits per heavy atom. The molecule has 1 unspecified atom stereocenters. The number of hydrogen-bond acceptors (Lipinski definition) is 2. The SMILES string of the molecule is CCCC(N)CC(=O)Nc1ccc(C)cc1. The van der Waals surface area contributed by atoms with Crippen LogP contribution < -0.4 is 11.1 Å². The molecule has 0 saturated carbocycles. The molecule has 0 fully saturated rings. The summed E-state index contributed by atoms with van der Waals surface area (Å²) in [6.45, 7) is 4.08. The van der Waals surface area contributed by atoms with Crippen LogP contribution in [0.3, 0.4) is 0 Å². The van der Waals surface area contributed by atoms with Crippen molar-refractivity contribution in [1.82, 2.24) is 0 Å². The first-order valence-electron chi connectivity index (χ1n) is 5.74. The van der Waals surface area contributed by atoms with E-state index in [9.17, 15) is 4.79 Å². The molecule has 0 aliphatic carbocycles. The molecule has 1 amide bonds. The Balaban J connectivity index is 2.42. The van der Waals surface area contributed by atoms with Gasteiger partial charge in [-0.3, -0.25) is 4.79 Å². The summed E-state index contributed by atoms with van der Waals surface area (Å²) in [6, 6.07) is 7.72. The second-order valence-electron chi connectivity index (χ2n) is 4.17. The molecule has 3 heteroatoms. The lowest BCUT2D eigenvalue weighted by molar-refractivity contribution is -0.116. The molecule has 0 aliphatic rings. The Kier molecular flexibility index (Phi) is 4.99. The lowest BCUT2D eigenvalue weighted by Gasteiger charge is -2.10. The molecule has 0 heterocycles. The third kappa shape index (κ3) is 4.45. The van der Waals surface area contributed by atoms with Crippen molar-refractivity contribution in [2.75, 3.05) is 5.32 Å². The molecule has 1 rings (SSSR count). The monoisotopic (exact) mass is 220 g/mol. The van der Waals surface area contributed by atoms with Crippen molar-refractivity contribution in [2.45, 2.75) is 39.2 Å². The molecular weight excluding hydrogens is 200 g/mol. The van der Waals surface area contributed by atoms with Gasteiger partial charge in [-0.05, 0) is 25.5 Å². The average Bonchev–Trinajstić information content (AvgIpc) is 2.21. The van der Waals surface area contributed by atoms with Gasteiger partial charge in [0.1, 0.15) is 0 Å². The molecule has 0 aliphatic heterocycles. The van der Waals surface area contributed by atoms with Gasteiger partial charge >= 0.3 is 0 Å². The predicted octanol–water partition coefficient (Wildman–Crippen LogP) is 2.45. The van der Waals surface area contributed by atoms with Crippen LogP contribution in [-0.2, 0) is 4.79 Å². The van der Waals surface area contributed by atoms with Gasteiger partial charge in [-0.25, -0.2) is 0 Å². The van der Waals surface area contributed by atoms with Crippen molar-refractivity contribution >= 4 is 11.6 Å². The fourth-order valence-electron chi connectivity index (χ4n) is 1.56. The van der Waals surface area contributed by atoms with Crippen molar-refractivity contribution in [3.63, 3.8) is 0 Å². The van der Waals surface area contributed by atoms with Crippen molar-refractivity contribution < 1.29 is 4.79 Å². The van der Waals surface area contributed by atoms with Gasteiger partial charge in [-0.2, -0.15) is 0 Å². The lowest BCUT2D eigenvalue weighted by atomic mass is 10.1. The van der Waals surface area contributed by atoms with Crippen molar-refractivity contribution in [3.8, 4) is 0 Å². The minimum absolute atomic E-state index is 0.00944. The largest absolute Gasteiger partial charge is 0.327 e. The van der Waals surface area contributed by atoms with E-state index in [-0.39, 0.29) is 11.9 Å². The third-order valence-electron chi connectivity index (χ3n) is 2.44.